The SMILES string of the molecule is Cc1ccc(-c2ccnc(N[C@H]3CCC[C@H]3O)n2)c(C)n1. The highest BCUT2D eigenvalue weighted by Gasteiger charge is 2.25. The minimum absolute atomic E-state index is 0.0532. The summed E-state index contributed by atoms with van der Waals surface area (Å²) in [6.45, 7) is 3.96. The van der Waals surface area contributed by atoms with E-state index >= 15 is 0 Å². The first kappa shape index (κ1) is 13.9. The van der Waals surface area contributed by atoms with Gasteiger partial charge in [-0.15, -0.1) is 0 Å². The third-order valence-corrected chi connectivity index (χ3v) is 3.95. The van der Waals surface area contributed by atoms with Gasteiger partial charge >= 0.3 is 0 Å². The quantitative estimate of drug-likeness (QED) is 0.906. The molecule has 0 saturated heterocycles. The lowest BCUT2D eigenvalue weighted by atomic mass is 10.1. The van der Waals surface area contributed by atoms with Crippen LogP contribution in [0.25, 0.3) is 11.3 Å². The number of hydrogen-bond donors (Lipinski definition) is 2. The van der Waals surface area contributed by atoms with Gasteiger partial charge in [0.15, 0.2) is 0 Å². The molecule has 1 saturated carbocycles. The van der Waals surface area contributed by atoms with E-state index in [0.717, 1.165) is 41.9 Å². The fourth-order valence-corrected chi connectivity index (χ4v) is 2.81. The first-order chi connectivity index (χ1) is 10.1. The molecule has 2 atom stereocenters. The third kappa shape index (κ3) is 3.03. The molecule has 0 unspecified atom stereocenters. The van der Waals surface area contributed by atoms with Gasteiger partial charge in [0.05, 0.1) is 17.8 Å². The van der Waals surface area contributed by atoms with Crippen LogP contribution in [-0.4, -0.2) is 32.2 Å². The summed E-state index contributed by atoms with van der Waals surface area (Å²) in [6.07, 6.45) is 4.28. The Kier molecular flexibility index (Phi) is 3.84. The second-order valence-corrected chi connectivity index (χ2v) is 5.60. The Morgan fingerprint density at radius 1 is 1.14 bits per heavy atom. The number of pyridine rings is 1. The fraction of sp³-hybridized carbons (Fsp3) is 0.438. The van der Waals surface area contributed by atoms with Crippen molar-refractivity contribution < 1.29 is 5.11 Å². The van der Waals surface area contributed by atoms with Crippen LogP contribution in [0.15, 0.2) is 24.4 Å². The van der Waals surface area contributed by atoms with E-state index < -0.39 is 0 Å². The summed E-state index contributed by atoms with van der Waals surface area (Å²) in [5.74, 6) is 0.568. The summed E-state index contributed by atoms with van der Waals surface area (Å²) in [7, 11) is 0. The molecular formula is C16H20N4O. The van der Waals surface area contributed by atoms with Crippen molar-refractivity contribution in [3.63, 3.8) is 0 Å². The Hall–Kier alpha value is -2.01. The summed E-state index contributed by atoms with van der Waals surface area (Å²) in [5.41, 5.74) is 3.82. The number of hydrogen-bond acceptors (Lipinski definition) is 5. The van der Waals surface area contributed by atoms with Gasteiger partial charge in [-0.2, -0.15) is 0 Å². The molecule has 5 nitrogen and oxygen atoms in total. The second kappa shape index (κ2) is 5.77. The highest BCUT2D eigenvalue weighted by atomic mass is 16.3. The minimum atomic E-state index is -0.306. The molecule has 1 aliphatic carbocycles. The Balaban J connectivity index is 1.85. The van der Waals surface area contributed by atoms with Gasteiger partial charge in [0.1, 0.15) is 0 Å². The van der Waals surface area contributed by atoms with Crippen LogP contribution in [0.2, 0.25) is 0 Å². The monoisotopic (exact) mass is 284 g/mol. The zero-order valence-corrected chi connectivity index (χ0v) is 12.4. The lowest BCUT2D eigenvalue weighted by molar-refractivity contribution is 0.171. The first-order valence-electron chi connectivity index (χ1n) is 7.36. The molecule has 2 heterocycles. The smallest absolute Gasteiger partial charge is 0.223 e. The highest BCUT2D eigenvalue weighted by Crippen LogP contribution is 2.24. The van der Waals surface area contributed by atoms with Gasteiger partial charge in [0, 0.05) is 23.1 Å². The van der Waals surface area contributed by atoms with Crippen molar-refractivity contribution >= 4 is 5.95 Å². The van der Waals surface area contributed by atoms with Crippen molar-refractivity contribution in [1.82, 2.24) is 15.0 Å². The van der Waals surface area contributed by atoms with Crippen molar-refractivity contribution in [3.05, 3.63) is 35.8 Å². The average molecular weight is 284 g/mol. The topological polar surface area (TPSA) is 70.9 Å². The molecule has 2 aromatic heterocycles. The molecular weight excluding hydrogens is 264 g/mol. The van der Waals surface area contributed by atoms with E-state index in [-0.39, 0.29) is 12.1 Å². The Labute approximate surface area is 124 Å². The zero-order valence-electron chi connectivity index (χ0n) is 12.4. The van der Waals surface area contributed by atoms with Crippen LogP contribution in [0.1, 0.15) is 30.7 Å². The number of nitrogens with zero attached hydrogens (tertiary/aromatic N) is 3. The summed E-state index contributed by atoms with van der Waals surface area (Å²) in [4.78, 5) is 13.3. The van der Waals surface area contributed by atoms with Gasteiger partial charge in [-0.1, -0.05) is 0 Å². The molecule has 1 aliphatic rings. The maximum Gasteiger partial charge on any atom is 0.223 e. The van der Waals surface area contributed by atoms with Crippen LogP contribution in [0.5, 0.6) is 0 Å². The van der Waals surface area contributed by atoms with E-state index in [0.29, 0.717) is 5.95 Å². The average Bonchev–Trinajstić information content (AvgIpc) is 2.84. The molecule has 0 spiro atoms. The number of aliphatic hydroxyl groups excluding tert-OH is 1. The molecule has 0 aliphatic heterocycles. The predicted octanol–water partition coefficient (Wildman–Crippen LogP) is 2.48. The van der Waals surface area contributed by atoms with E-state index in [4.69, 9.17) is 0 Å². The van der Waals surface area contributed by atoms with Gasteiger partial charge in [0.25, 0.3) is 0 Å². The predicted molar refractivity (Wildman–Crippen MR) is 82.0 cm³/mol. The van der Waals surface area contributed by atoms with Gasteiger partial charge < -0.3 is 10.4 Å². The first-order valence-corrected chi connectivity index (χ1v) is 7.36. The number of aliphatic hydroxyl groups is 1. The molecule has 110 valence electrons. The van der Waals surface area contributed by atoms with E-state index in [1.807, 2.05) is 32.0 Å². The number of aromatic nitrogens is 3. The van der Waals surface area contributed by atoms with E-state index in [9.17, 15) is 5.11 Å². The summed E-state index contributed by atoms with van der Waals surface area (Å²) >= 11 is 0. The molecule has 1 fully saturated rings. The van der Waals surface area contributed by atoms with Crippen LogP contribution in [0.4, 0.5) is 5.95 Å². The van der Waals surface area contributed by atoms with E-state index in [2.05, 4.69) is 20.3 Å². The van der Waals surface area contributed by atoms with Crippen molar-refractivity contribution in [1.29, 1.82) is 0 Å². The largest absolute Gasteiger partial charge is 0.391 e. The van der Waals surface area contributed by atoms with Crippen molar-refractivity contribution in [2.24, 2.45) is 0 Å². The van der Waals surface area contributed by atoms with Gasteiger partial charge in [0.2, 0.25) is 5.95 Å². The Bertz CT molecular complexity index is 644. The van der Waals surface area contributed by atoms with Crippen LogP contribution in [0, 0.1) is 13.8 Å². The second-order valence-electron chi connectivity index (χ2n) is 5.60. The van der Waals surface area contributed by atoms with Crippen molar-refractivity contribution in [2.75, 3.05) is 5.32 Å². The summed E-state index contributed by atoms with van der Waals surface area (Å²) in [5, 5.41) is 13.1. The molecule has 0 amide bonds. The van der Waals surface area contributed by atoms with Crippen LogP contribution in [-0.2, 0) is 0 Å². The molecule has 2 N–H and O–H groups in total. The molecule has 0 aromatic carbocycles. The minimum Gasteiger partial charge on any atom is -0.391 e. The normalized spacial score (nSPS) is 21.5. The molecule has 0 bridgehead atoms. The molecule has 0 radical (unpaired) electrons. The van der Waals surface area contributed by atoms with Crippen molar-refractivity contribution in [3.8, 4) is 11.3 Å². The standard InChI is InChI=1S/C16H20N4O/c1-10-6-7-12(11(2)18-10)13-8-9-17-16(19-13)20-14-4-3-5-15(14)21/h6-9,14-15,21H,3-5H2,1-2H3,(H,17,19,20)/t14-,15+/m0/s1. The number of nitrogens with one attached hydrogen (secondary N) is 1. The molecule has 21 heavy (non-hydrogen) atoms. The van der Waals surface area contributed by atoms with E-state index in [1.165, 1.54) is 0 Å². The van der Waals surface area contributed by atoms with Crippen LogP contribution < -0.4 is 5.32 Å². The molecule has 2 aromatic rings. The van der Waals surface area contributed by atoms with E-state index in [1.54, 1.807) is 6.20 Å². The number of anilines is 1. The highest BCUT2D eigenvalue weighted by molar-refractivity contribution is 5.62. The van der Waals surface area contributed by atoms with Gasteiger partial charge in [-0.25, -0.2) is 9.97 Å². The maximum atomic E-state index is 9.88. The summed E-state index contributed by atoms with van der Waals surface area (Å²) < 4.78 is 0. The fourth-order valence-electron chi connectivity index (χ4n) is 2.81. The third-order valence-electron chi connectivity index (χ3n) is 3.95. The maximum absolute atomic E-state index is 9.88. The molecule has 3 rings (SSSR count). The lowest BCUT2D eigenvalue weighted by Crippen LogP contribution is -2.28. The number of aryl methyl sites for hydroxylation is 2. The lowest BCUT2D eigenvalue weighted by Gasteiger charge is -2.16. The van der Waals surface area contributed by atoms with Gasteiger partial charge in [-0.3, -0.25) is 4.98 Å². The summed E-state index contributed by atoms with van der Waals surface area (Å²) in [6, 6.07) is 5.96. The van der Waals surface area contributed by atoms with Crippen LogP contribution >= 0.6 is 0 Å². The Morgan fingerprint density at radius 3 is 2.71 bits per heavy atom. The number of rotatable bonds is 3. The zero-order chi connectivity index (χ0) is 14.8. The van der Waals surface area contributed by atoms with Crippen molar-refractivity contribution in [2.45, 2.75) is 45.3 Å². The Morgan fingerprint density at radius 2 is 2.00 bits per heavy atom. The molecule has 5 heteroatoms. The van der Waals surface area contributed by atoms with Crippen LogP contribution in [0.3, 0.4) is 0 Å². The van der Waals surface area contributed by atoms with Gasteiger partial charge in [-0.05, 0) is 51.3 Å².